The first-order valence-electron chi connectivity index (χ1n) is 3.59. The van der Waals surface area contributed by atoms with Crippen molar-refractivity contribution in [3.63, 3.8) is 0 Å². The zero-order chi connectivity index (χ0) is 9.26. The molecule has 0 unspecified atom stereocenters. The molecular formula is C6H6N4O2S. The van der Waals surface area contributed by atoms with Gasteiger partial charge in [0.05, 0.1) is 17.7 Å². The van der Waals surface area contributed by atoms with Gasteiger partial charge in [0, 0.05) is 0 Å². The summed E-state index contributed by atoms with van der Waals surface area (Å²) in [6, 6.07) is 0. The Bertz CT molecular complexity index is 320. The molecule has 0 aromatic carbocycles. The van der Waals surface area contributed by atoms with Gasteiger partial charge in [-0.1, -0.05) is 5.21 Å². The predicted molar refractivity (Wildman–Crippen MR) is 46.2 cm³/mol. The third-order valence-corrected chi connectivity index (χ3v) is 2.48. The maximum Gasteiger partial charge on any atom is 0.245 e. The minimum atomic E-state index is -0.241. The summed E-state index contributed by atoms with van der Waals surface area (Å²) in [6.45, 7) is 0. The van der Waals surface area contributed by atoms with Crippen molar-refractivity contribution in [2.75, 3.05) is 16.4 Å². The Balaban J connectivity index is 2.29. The van der Waals surface area contributed by atoms with Gasteiger partial charge in [-0.25, -0.2) is 4.90 Å². The van der Waals surface area contributed by atoms with Gasteiger partial charge in [-0.3, -0.25) is 14.7 Å². The number of hydrogen-bond acceptors (Lipinski definition) is 5. The summed E-state index contributed by atoms with van der Waals surface area (Å²) in [7, 11) is 0. The lowest BCUT2D eigenvalue weighted by Gasteiger charge is -2.21. The van der Waals surface area contributed by atoms with E-state index < -0.39 is 0 Å². The molecule has 6 nitrogen and oxygen atoms in total. The van der Waals surface area contributed by atoms with E-state index in [4.69, 9.17) is 0 Å². The number of nitrogens with one attached hydrogen (secondary N) is 1. The molecule has 2 amide bonds. The van der Waals surface area contributed by atoms with Crippen molar-refractivity contribution in [2.45, 2.75) is 0 Å². The van der Waals surface area contributed by atoms with Crippen molar-refractivity contribution in [3.8, 4) is 0 Å². The first-order chi connectivity index (χ1) is 6.29. The lowest BCUT2D eigenvalue weighted by molar-refractivity contribution is -0.124. The molecule has 1 aromatic heterocycles. The van der Waals surface area contributed by atoms with Gasteiger partial charge in [0.1, 0.15) is 0 Å². The van der Waals surface area contributed by atoms with Gasteiger partial charge < -0.3 is 0 Å². The quantitative estimate of drug-likeness (QED) is 0.610. The second-order valence-electron chi connectivity index (χ2n) is 2.45. The summed E-state index contributed by atoms with van der Waals surface area (Å²) in [5.74, 6) is 0.428. The standard InChI is InChI=1S/C6H6N4O2S/c11-5-2-13-3-6(12)10(5)4-1-7-9-8-4/h1H,2-3H2,(H,7,8,9). The second kappa shape index (κ2) is 3.17. The number of imide groups is 1. The van der Waals surface area contributed by atoms with Gasteiger partial charge >= 0.3 is 0 Å². The summed E-state index contributed by atoms with van der Waals surface area (Å²) < 4.78 is 0. The number of nitrogens with zero attached hydrogens (tertiary/aromatic N) is 3. The largest absolute Gasteiger partial charge is 0.273 e. The molecule has 68 valence electrons. The van der Waals surface area contributed by atoms with Crippen molar-refractivity contribution in [2.24, 2.45) is 0 Å². The highest BCUT2D eigenvalue weighted by molar-refractivity contribution is 8.00. The Morgan fingerprint density at radius 2 is 2.08 bits per heavy atom. The molecule has 0 aliphatic carbocycles. The van der Waals surface area contributed by atoms with Gasteiger partial charge in [-0.05, 0) is 0 Å². The Morgan fingerprint density at radius 1 is 1.38 bits per heavy atom. The van der Waals surface area contributed by atoms with E-state index in [9.17, 15) is 9.59 Å². The summed E-state index contributed by atoms with van der Waals surface area (Å²) >= 11 is 1.31. The minimum absolute atomic E-state index is 0.241. The molecule has 7 heteroatoms. The molecule has 2 heterocycles. The SMILES string of the molecule is O=C1CSCC(=O)N1c1c[nH]nn1. The van der Waals surface area contributed by atoms with Gasteiger partial charge in [-0.2, -0.15) is 0 Å². The smallest absolute Gasteiger partial charge is 0.245 e. The van der Waals surface area contributed by atoms with E-state index in [1.165, 1.54) is 18.0 Å². The second-order valence-corrected chi connectivity index (χ2v) is 3.43. The number of carbonyl (C=O) groups is 2. The highest BCUT2D eigenvalue weighted by Gasteiger charge is 2.29. The monoisotopic (exact) mass is 198 g/mol. The lowest BCUT2D eigenvalue weighted by atomic mass is 10.4. The number of carbonyl (C=O) groups excluding carboxylic acids is 2. The molecule has 1 aliphatic heterocycles. The van der Waals surface area contributed by atoms with E-state index >= 15 is 0 Å². The number of thioether (sulfide) groups is 1. The van der Waals surface area contributed by atoms with E-state index in [0.29, 0.717) is 11.5 Å². The molecule has 1 aliphatic rings. The van der Waals surface area contributed by atoms with Gasteiger partial charge in [0.15, 0.2) is 5.82 Å². The van der Waals surface area contributed by atoms with Crippen LogP contribution in [-0.4, -0.2) is 38.7 Å². The predicted octanol–water partition coefficient (Wildman–Crippen LogP) is -0.589. The number of hydrogen-bond donors (Lipinski definition) is 1. The van der Waals surface area contributed by atoms with Crippen LogP contribution in [0.25, 0.3) is 0 Å². The number of aromatic nitrogens is 3. The Labute approximate surface area is 77.7 Å². The Kier molecular flexibility index (Phi) is 2.01. The highest BCUT2D eigenvalue weighted by atomic mass is 32.2. The molecular weight excluding hydrogens is 192 g/mol. The third kappa shape index (κ3) is 1.42. The van der Waals surface area contributed by atoms with Crippen LogP contribution in [0.3, 0.4) is 0 Å². The normalized spacial score (nSPS) is 18.0. The zero-order valence-corrected chi connectivity index (χ0v) is 7.37. The third-order valence-electron chi connectivity index (χ3n) is 1.58. The molecule has 1 saturated heterocycles. The number of aromatic amines is 1. The number of anilines is 1. The van der Waals surface area contributed by atoms with Crippen LogP contribution in [-0.2, 0) is 9.59 Å². The van der Waals surface area contributed by atoms with Crippen LogP contribution in [0.1, 0.15) is 0 Å². The molecule has 1 N–H and O–H groups in total. The van der Waals surface area contributed by atoms with E-state index in [1.54, 1.807) is 0 Å². The Morgan fingerprint density at radius 3 is 2.62 bits per heavy atom. The number of amides is 2. The van der Waals surface area contributed by atoms with E-state index in [1.807, 2.05) is 0 Å². The minimum Gasteiger partial charge on any atom is -0.273 e. The lowest BCUT2D eigenvalue weighted by Crippen LogP contribution is -2.43. The van der Waals surface area contributed by atoms with Crippen molar-refractivity contribution in [1.29, 1.82) is 0 Å². The fourth-order valence-corrected chi connectivity index (χ4v) is 1.76. The molecule has 0 saturated carbocycles. The van der Waals surface area contributed by atoms with E-state index in [0.717, 1.165) is 4.90 Å². The molecule has 1 fully saturated rings. The molecule has 0 spiro atoms. The van der Waals surface area contributed by atoms with Crippen LogP contribution < -0.4 is 4.90 Å². The Hall–Kier alpha value is -1.37. The van der Waals surface area contributed by atoms with Gasteiger partial charge in [0.2, 0.25) is 11.8 Å². The van der Waals surface area contributed by atoms with Gasteiger partial charge in [0.25, 0.3) is 0 Å². The van der Waals surface area contributed by atoms with Crippen LogP contribution in [0.2, 0.25) is 0 Å². The van der Waals surface area contributed by atoms with E-state index in [-0.39, 0.29) is 17.6 Å². The fraction of sp³-hybridized carbons (Fsp3) is 0.333. The summed E-state index contributed by atoms with van der Waals surface area (Å²) in [6.07, 6.45) is 1.42. The van der Waals surface area contributed by atoms with Crippen molar-refractivity contribution < 1.29 is 9.59 Å². The average Bonchev–Trinajstić information content (AvgIpc) is 2.57. The van der Waals surface area contributed by atoms with Crippen LogP contribution in [0.4, 0.5) is 5.82 Å². The van der Waals surface area contributed by atoms with Crippen molar-refractivity contribution in [3.05, 3.63) is 6.20 Å². The van der Waals surface area contributed by atoms with Crippen molar-refractivity contribution >= 4 is 29.4 Å². The zero-order valence-electron chi connectivity index (χ0n) is 6.56. The fourth-order valence-electron chi connectivity index (χ4n) is 1.05. The topological polar surface area (TPSA) is 79.0 Å². The molecule has 0 atom stereocenters. The van der Waals surface area contributed by atoms with Crippen LogP contribution >= 0.6 is 11.8 Å². The average molecular weight is 198 g/mol. The molecule has 13 heavy (non-hydrogen) atoms. The first kappa shape index (κ1) is 8.24. The van der Waals surface area contributed by atoms with Crippen molar-refractivity contribution in [1.82, 2.24) is 15.4 Å². The number of rotatable bonds is 1. The number of H-pyrrole nitrogens is 1. The summed E-state index contributed by atoms with van der Waals surface area (Å²) in [5, 5.41) is 9.50. The maximum atomic E-state index is 11.3. The molecule has 0 bridgehead atoms. The maximum absolute atomic E-state index is 11.3. The van der Waals surface area contributed by atoms with Crippen LogP contribution in [0.15, 0.2) is 6.20 Å². The first-order valence-corrected chi connectivity index (χ1v) is 4.74. The highest BCUT2D eigenvalue weighted by Crippen LogP contribution is 2.17. The summed E-state index contributed by atoms with van der Waals surface area (Å²) in [5.41, 5.74) is 0. The van der Waals surface area contributed by atoms with Crippen LogP contribution in [0.5, 0.6) is 0 Å². The molecule has 2 rings (SSSR count). The molecule has 0 radical (unpaired) electrons. The van der Waals surface area contributed by atoms with E-state index in [2.05, 4.69) is 15.4 Å². The molecule has 1 aromatic rings. The van der Waals surface area contributed by atoms with Gasteiger partial charge in [-0.15, -0.1) is 16.9 Å². The summed E-state index contributed by atoms with van der Waals surface area (Å²) in [4.78, 5) is 23.7. The van der Waals surface area contributed by atoms with Crippen LogP contribution in [0, 0.1) is 0 Å².